The molecule has 94 valence electrons. The van der Waals surface area contributed by atoms with E-state index in [4.69, 9.17) is 9.52 Å². The van der Waals surface area contributed by atoms with Crippen molar-refractivity contribution in [2.24, 2.45) is 0 Å². The molecule has 0 fully saturated rings. The predicted molar refractivity (Wildman–Crippen MR) is 63.5 cm³/mol. The average Bonchev–Trinajstić information content (AvgIpc) is 2.85. The van der Waals surface area contributed by atoms with Gasteiger partial charge in [0.1, 0.15) is 11.6 Å². The Morgan fingerprint density at radius 3 is 2.89 bits per heavy atom. The molecule has 1 heterocycles. The summed E-state index contributed by atoms with van der Waals surface area (Å²) in [6, 6.07) is 9.03. The summed E-state index contributed by atoms with van der Waals surface area (Å²) in [6.45, 7) is 0.0258. The monoisotopic (exact) mass is 249 g/mol. The number of furan rings is 1. The molecule has 0 aliphatic heterocycles. The van der Waals surface area contributed by atoms with E-state index in [-0.39, 0.29) is 24.7 Å². The van der Waals surface area contributed by atoms with Gasteiger partial charge in [0, 0.05) is 12.1 Å². The molecule has 0 aliphatic rings. The number of aliphatic hydroxyl groups is 1. The summed E-state index contributed by atoms with van der Waals surface area (Å²) >= 11 is 0. The van der Waals surface area contributed by atoms with Crippen LogP contribution in [0.5, 0.6) is 0 Å². The Morgan fingerprint density at radius 1 is 1.33 bits per heavy atom. The summed E-state index contributed by atoms with van der Waals surface area (Å²) < 4.78 is 18.4. The third kappa shape index (κ3) is 2.75. The van der Waals surface area contributed by atoms with Crippen LogP contribution in [0.2, 0.25) is 0 Å². The van der Waals surface area contributed by atoms with Gasteiger partial charge < -0.3 is 14.8 Å². The maximum atomic E-state index is 13.0. The standard InChI is InChI=1S/C13H12FNO3/c14-10-3-1-2-9(8-10)11-4-5-12(18-11)13(17)15-6-7-16/h1-5,8,16H,6-7H2,(H,15,17). The molecule has 0 radical (unpaired) electrons. The predicted octanol–water partition coefficient (Wildman–Crippen LogP) is 1.81. The van der Waals surface area contributed by atoms with Gasteiger partial charge in [-0.25, -0.2) is 4.39 Å². The molecule has 0 spiro atoms. The van der Waals surface area contributed by atoms with Crippen molar-refractivity contribution in [1.82, 2.24) is 5.32 Å². The van der Waals surface area contributed by atoms with Gasteiger partial charge in [-0.15, -0.1) is 0 Å². The van der Waals surface area contributed by atoms with E-state index in [0.29, 0.717) is 11.3 Å². The molecule has 0 atom stereocenters. The van der Waals surface area contributed by atoms with Crippen LogP contribution in [0, 0.1) is 5.82 Å². The second-order valence-corrected chi connectivity index (χ2v) is 3.65. The first-order valence-electron chi connectivity index (χ1n) is 5.45. The first kappa shape index (κ1) is 12.3. The molecule has 4 nitrogen and oxygen atoms in total. The van der Waals surface area contributed by atoms with Gasteiger partial charge in [0.2, 0.25) is 0 Å². The Kier molecular flexibility index (Phi) is 3.74. The van der Waals surface area contributed by atoms with Crippen molar-refractivity contribution in [2.75, 3.05) is 13.2 Å². The smallest absolute Gasteiger partial charge is 0.287 e. The number of aliphatic hydroxyl groups excluding tert-OH is 1. The minimum Gasteiger partial charge on any atom is -0.451 e. The molecule has 2 rings (SSSR count). The van der Waals surface area contributed by atoms with Crippen LogP contribution in [0.1, 0.15) is 10.6 Å². The summed E-state index contributed by atoms with van der Waals surface area (Å²) in [4.78, 5) is 11.5. The highest BCUT2D eigenvalue weighted by molar-refractivity contribution is 5.92. The normalized spacial score (nSPS) is 10.3. The number of carbonyl (C=O) groups excluding carboxylic acids is 1. The Balaban J connectivity index is 2.17. The highest BCUT2D eigenvalue weighted by atomic mass is 19.1. The van der Waals surface area contributed by atoms with Crippen LogP contribution in [0.3, 0.4) is 0 Å². The van der Waals surface area contributed by atoms with Gasteiger partial charge in [0.05, 0.1) is 6.61 Å². The molecule has 1 amide bonds. The maximum absolute atomic E-state index is 13.0. The number of halogens is 1. The van der Waals surface area contributed by atoms with E-state index >= 15 is 0 Å². The number of amides is 1. The van der Waals surface area contributed by atoms with Gasteiger partial charge in [-0.2, -0.15) is 0 Å². The largest absolute Gasteiger partial charge is 0.451 e. The molecular weight excluding hydrogens is 237 g/mol. The van der Waals surface area contributed by atoms with Crippen molar-refractivity contribution in [2.45, 2.75) is 0 Å². The van der Waals surface area contributed by atoms with Crippen LogP contribution >= 0.6 is 0 Å². The van der Waals surface area contributed by atoms with Crippen molar-refractivity contribution in [3.8, 4) is 11.3 Å². The van der Waals surface area contributed by atoms with Crippen LogP contribution in [-0.2, 0) is 0 Å². The molecule has 0 aliphatic carbocycles. The molecule has 2 aromatic rings. The second-order valence-electron chi connectivity index (χ2n) is 3.65. The van der Waals surface area contributed by atoms with Crippen molar-refractivity contribution in [1.29, 1.82) is 0 Å². The van der Waals surface area contributed by atoms with Crippen LogP contribution in [0.4, 0.5) is 4.39 Å². The zero-order valence-electron chi connectivity index (χ0n) is 9.52. The van der Waals surface area contributed by atoms with Gasteiger partial charge in [-0.05, 0) is 24.3 Å². The zero-order valence-corrected chi connectivity index (χ0v) is 9.52. The topological polar surface area (TPSA) is 62.5 Å². The second kappa shape index (κ2) is 5.46. The molecule has 0 unspecified atom stereocenters. The number of hydrogen-bond donors (Lipinski definition) is 2. The molecule has 0 saturated heterocycles. The van der Waals surface area contributed by atoms with Crippen LogP contribution in [-0.4, -0.2) is 24.2 Å². The highest BCUT2D eigenvalue weighted by Gasteiger charge is 2.11. The fraction of sp³-hybridized carbons (Fsp3) is 0.154. The molecule has 2 N–H and O–H groups in total. The highest BCUT2D eigenvalue weighted by Crippen LogP contribution is 2.22. The Bertz CT molecular complexity index is 551. The van der Waals surface area contributed by atoms with Crippen LogP contribution < -0.4 is 5.32 Å². The SMILES string of the molecule is O=C(NCCO)c1ccc(-c2cccc(F)c2)o1. The zero-order chi connectivity index (χ0) is 13.0. The molecule has 1 aromatic heterocycles. The molecule has 5 heteroatoms. The van der Waals surface area contributed by atoms with Gasteiger partial charge in [-0.3, -0.25) is 4.79 Å². The lowest BCUT2D eigenvalue weighted by Crippen LogP contribution is -2.25. The Morgan fingerprint density at radius 2 is 2.17 bits per heavy atom. The van der Waals surface area contributed by atoms with Gasteiger partial charge in [-0.1, -0.05) is 12.1 Å². The minimum absolute atomic E-state index is 0.128. The van der Waals surface area contributed by atoms with E-state index in [9.17, 15) is 9.18 Å². The lowest BCUT2D eigenvalue weighted by Gasteiger charge is -2.00. The van der Waals surface area contributed by atoms with E-state index < -0.39 is 5.91 Å². The van der Waals surface area contributed by atoms with Crippen LogP contribution in [0.25, 0.3) is 11.3 Å². The van der Waals surface area contributed by atoms with Crippen molar-refractivity contribution in [3.05, 3.63) is 48.0 Å². The lowest BCUT2D eigenvalue weighted by atomic mass is 10.2. The lowest BCUT2D eigenvalue weighted by molar-refractivity contribution is 0.0918. The third-order valence-corrected chi connectivity index (χ3v) is 2.34. The van der Waals surface area contributed by atoms with Gasteiger partial charge in [0.25, 0.3) is 5.91 Å². The van der Waals surface area contributed by atoms with E-state index in [0.717, 1.165) is 0 Å². The van der Waals surface area contributed by atoms with E-state index in [2.05, 4.69) is 5.32 Å². The van der Waals surface area contributed by atoms with Gasteiger partial charge >= 0.3 is 0 Å². The fourth-order valence-electron chi connectivity index (χ4n) is 1.51. The average molecular weight is 249 g/mol. The summed E-state index contributed by atoms with van der Waals surface area (Å²) in [5, 5.41) is 11.1. The summed E-state index contributed by atoms with van der Waals surface area (Å²) in [6.07, 6.45) is 0. The number of carbonyl (C=O) groups is 1. The van der Waals surface area contributed by atoms with E-state index in [1.54, 1.807) is 18.2 Å². The first-order chi connectivity index (χ1) is 8.70. The first-order valence-corrected chi connectivity index (χ1v) is 5.45. The molecular formula is C13H12FNO3. The van der Waals surface area contributed by atoms with Crippen molar-refractivity contribution >= 4 is 5.91 Å². The summed E-state index contributed by atoms with van der Waals surface area (Å²) in [7, 11) is 0. The summed E-state index contributed by atoms with van der Waals surface area (Å²) in [5.41, 5.74) is 0.566. The third-order valence-electron chi connectivity index (χ3n) is 2.34. The fourth-order valence-corrected chi connectivity index (χ4v) is 1.51. The quantitative estimate of drug-likeness (QED) is 0.868. The summed E-state index contributed by atoms with van der Waals surface area (Å²) in [5.74, 6) is -0.228. The molecule has 1 aromatic carbocycles. The van der Waals surface area contributed by atoms with E-state index in [1.807, 2.05) is 0 Å². The number of benzene rings is 1. The Labute approximate surface area is 103 Å². The minimum atomic E-state index is -0.410. The Hall–Kier alpha value is -2.14. The van der Waals surface area contributed by atoms with Gasteiger partial charge in [0.15, 0.2) is 5.76 Å². The maximum Gasteiger partial charge on any atom is 0.287 e. The number of rotatable bonds is 4. The van der Waals surface area contributed by atoms with Crippen LogP contribution in [0.15, 0.2) is 40.8 Å². The van der Waals surface area contributed by atoms with Crippen molar-refractivity contribution in [3.63, 3.8) is 0 Å². The molecule has 0 bridgehead atoms. The molecule has 18 heavy (non-hydrogen) atoms. The molecule has 0 saturated carbocycles. The van der Waals surface area contributed by atoms with Crippen molar-refractivity contribution < 1.29 is 18.7 Å². The van der Waals surface area contributed by atoms with E-state index in [1.165, 1.54) is 18.2 Å². The number of nitrogens with one attached hydrogen (secondary N) is 1. The number of hydrogen-bond acceptors (Lipinski definition) is 3.